The number of carbonyl (C=O) groups excluding carboxylic acids is 1. The van der Waals surface area contributed by atoms with E-state index in [0.29, 0.717) is 21.2 Å². The lowest BCUT2D eigenvalue weighted by Crippen LogP contribution is -2.20. The Morgan fingerprint density at radius 2 is 1.96 bits per heavy atom. The van der Waals surface area contributed by atoms with Crippen molar-refractivity contribution in [2.45, 2.75) is 10.1 Å². The molecule has 0 fully saturated rings. The number of nitro groups is 1. The van der Waals surface area contributed by atoms with Gasteiger partial charge >= 0.3 is 0 Å². The third-order valence-electron chi connectivity index (χ3n) is 4.56. The van der Waals surface area contributed by atoms with Crippen LogP contribution in [-0.2, 0) is 11.8 Å². The average molecular weight is 392 g/mol. The summed E-state index contributed by atoms with van der Waals surface area (Å²) in [5.74, 6) is -0.129. The first-order valence-corrected chi connectivity index (χ1v) is 9.30. The van der Waals surface area contributed by atoms with Crippen molar-refractivity contribution in [1.29, 1.82) is 0 Å². The van der Waals surface area contributed by atoms with Crippen LogP contribution >= 0.6 is 11.8 Å². The fourth-order valence-electron chi connectivity index (χ4n) is 3.11. The number of aromatic nitrogens is 2. The number of fused-ring (bicyclic) bond motifs is 1. The van der Waals surface area contributed by atoms with E-state index in [9.17, 15) is 14.9 Å². The number of rotatable bonds is 4. The molecule has 2 heterocycles. The molecule has 0 saturated heterocycles. The van der Waals surface area contributed by atoms with Gasteiger partial charge in [0.05, 0.1) is 15.5 Å². The third-order valence-corrected chi connectivity index (χ3v) is 5.70. The van der Waals surface area contributed by atoms with Crippen molar-refractivity contribution in [2.24, 2.45) is 7.05 Å². The Morgan fingerprint density at radius 3 is 2.68 bits per heavy atom. The van der Waals surface area contributed by atoms with Gasteiger partial charge in [-0.15, -0.1) is 0 Å². The van der Waals surface area contributed by atoms with Crippen molar-refractivity contribution in [3.05, 3.63) is 76.1 Å². The van der Waals surface area contributed by atoms with E-state index in [1.165, 1.54) is 17.8 Å². The highest BCUT2D eigenvalue weighted by Gasteiger charge is 2.29. The Balaban J connectivity index is 1.75. The van der Waals surface area contributed by atoms with Crippen LogP contribution in [0.5, 0.6) is 0 Å². The second-order valence-electron chi connectivity index (χ2n) is 6.35. The first-order valence-electron chi connectivity index (χ1n) is 8.48. The van der Waals surface area contributed by atoms with Crippen LogP contribution < -0.4 is 4.90 Å². The molecule has 0 unspecified atom stereocenters. The number of imidazole rings is 1. The molecule has 1 amide bonds. The van der Waals surface area contributed by atoms with Gasteiger partial charge in [0.1, 0.15) is 0 Å². The number of hydrogen-bond donors (Lipinski definition) is 0. The summed E-state index contributed by atoms with van der Waals surface area (Å²) in [7, 11) is 3.55. The number of anilines is 1. The normalized spacial score (nSPS) is 14.6. The van der Waals surface area contributed by atoms with Crippen molar-refractivity contribution >= 4 is 40.7 Å². The number of benzene rings is 2. The van der Waals surface area contributed by atoms with Gasteiger partial charge < -0.3 is 9.47 Å². The predicted molar refractivity (Wildman–Crippen MR) is 108 cm³/mol. The standard InChI is InChI=1S/C20H16N4O3S/c1-22-10-9-21-20(22)28-18-8-7-13(12-17(18)24(26)27)11-15-14-5-3-4-6-16(14)23(2)19(15)25/h3-12H,1-2H3/b15-11+. The summed E-state index contributed by atoms with van der Waals surface area (Å²) in [6.45, 7) is 0. The predicted octanol–water partition coefficient (Wildman–Crippen LogP) is 4.00. The summed E-state index contributed by atoms with van der Waals surface area (Å²) >= 11 is 1.23. The number of carbonyl (C=O) groups is 1. The molecule has 2 aromatic carbocycles. The third kappa shape index (κ3) is 3.07. The number of para-hydroxylation sites is 1. The molecule has 0 atom stereocenters. The van der Waals surface area contributed by atoms with Crippen molar-refractivity contribution in [3.8, 4) is 0 Å². The fourth-order valence-corrected chi connectivity index (χ4v) is 4.00. The van der Waals surface area contributed by atoms with Crippen LogP contribution in [0.3, 0.4) is 0 Å². The average Bonchev–Trinajstić information content (AvgIpc) is 3.19. The largest absolute Gasteiger partial charge is 0.329 e. The molecule has 0 N–H and O–H groups in total. The zero-order valence-electron chi connectivity index (χ0n) is 15.2. The molecule has 0 saturated carbocycles. The lowest BCUT2D eigenvalue weighted by Gasteiger charge is -2.08. The SMILES string of the molecule is CN1C(=O)/C(=C/c2ccc(Sc3nccn3C)c([N+](=O)[O-])c2)c2ccccc21. The molecule has 8 heteroatoms. The van der Waals surface area contributed by atoms with Crippen molar-refractivity contribution in [2.75, 3.05) is 11.9 Å². The smallest absolute Gasteiger partial charge is 0.283 e. The maximum Gasteiger partial charge on any atom is 0.283 e. The lowest BCUT2D eigenvalue weighted by atomic mass is 10.0. The van der Waals surface area contributed by atoms with Gasteiger partial charge in [0.2, 0.25) is 0 Å². The second-order valence-corrected chi connectivity index (χ2v) is 7.36. The number of aryl methyl sites for hydroxylation is 1. The minimum atomic E-state index is -0.413. The summed E-state index contributed by atoms with van der Waals surface area (Å²) in [5, 5.41) is 12.3. The van der Waals surface area contributed by atoms with E-state index >= 15 is 0 Å². The Hall–Kier alpha value is -3.39. The first kappa shape index (κ1) is 18.0. The van der Waals surface area contributed by atoms with Crippen LogP contribution in [-0.4, -0.2) is 27.4 Å². The van der Waals surface area contributed by atoms with E-state index in [4.69, 9.17) is 0 Å². The summed E-state index contributed by atoms with van der Waals surface area (Å²) < 4.78 is 1.80. The highest BCUT2D eigenvalue weighted by Crippen LogP contribution is 2.38. The minimum Gasteiger partial charge on any atom is -0.329 e. The van der Waals surface area contributed by atoms with Crippen molar-refractivity contribution < 1.29 is 9.72 Å². The van der Waals surface area contributed by atoms with E-state index in [1.807, 2.05) is 31.3 Å². The second kappa shape index (κ2) is 6.97. The molecular formula is C20H16N4O3S. The van der Waals surface area contributed by atoms with Gasteiger partial charge in [-0.2, -0.15) is 0 Å². The zero-order valence-corrected chi connectivity index (χ0v) is 16.0. The molecule has 3 aromatic rings. The van der Waals surface area contributed by atoms with Crippen LogP contribution in [0.25, 0.3) is 11.6 Å². The van der Waals surface area contributed by atoms with E-state index in [0.717, 1.165) is 11.3 Å². The fraction of sp³-hybridized carbons (Fsp3) is 0.100. The lowest BCUT2D eigenvalue weighted by molar-refractivity contribution is -0.387. The molecule has 1 aliphatic heterocycles. The first-order chi connectivity index (χ1) is 13.5. The summed E-state index contributed by atoms with van der Waals surface area (Å²) in [6.07, 6.45) is 5.13. The van der Waals surface area contributed by atoms with Gasteiger partial charge in [-0.3, -0.25) is 14.9 Å². The molecule has 28 heavy (non-hydrogen) atoms. The van der Waals surface area contributed by atoms with Gasteiger partial charge in [0.25, 0.3) is 11.6 Å². The molecule has 1 aliphatic rings. The maximum atomic E-state index is 12.6. The van der Waals surface area contributed by atoms with Gasteiger partial charge in [-0.05, 0) is 35.5 Å². The van der Waals surface area contributed by atoms with E-state index in [2.05, 4.69) is 4.98 Å². The minimum absolute atomic E-state index is 0.0190. The van der Waals surface area contributed by atoms with E-state index in [-0.39, 0.29) is 11.6 Å². The van der Waals surface area contributed by atoms with Crippen LogP contribution in [0.4, 0.5) is 11.4 Å². The van der Waals surface area contributed by atoms with Gasteiger partial charge in [-0.1, -0.05) is 24.3 Å². The Labute approximate surface area is 165 Å². The van der Waals surface area contributed by atoms with Gasteiger partial charge in [0.15, 0.2) is 5.16 Å². The van der Waals surface area contributed by atoms with Crippen LogP contribution in [0, 0.1) is 10.1 Å². The molecule has 4 rings (SSSR count). The molecule has 1 aromatic heterocycles. The zero-order chi connectivity index (χ0) is 19.8. The molecule has 0 bridgehead atoms. The van der Waals surface area contributed by atoms with Crippen LogP contribution in [0.1, 0.15) is 11.1 Å². The Morgan fingerprint density at radius 1 is 1.18 bits per heavy atom. The molecule has 140 valence electrons. The Bertz CT molecular complexity index is 1140. The molecular weight excluding hydrogens is 376 g/mol. The topological polar surface area (TPSA) is 81.3 Å². The Kier molecular flexibility index (Phi) is 4.48. The number of nitro benzene ring substituents is 1. The van der Waals surface area contributed by atoms with Crippen molar-refractivity contribution in [3.63, 3.8) is 0 Å². The maximum absolute atomic E-state index is 12.6. The molecule has 0 spiro atoms. The number of nitrogens with zero attached hydrogens (tertiary/aromatic N) is 4. The summed E-state index contributed by atoms with van der Waals surface area (Å²) in [6, 6.07) is 12.5. The quantitative estimate of drug-likeness (QED) is 0.381. The van der Waals surface area contributed by atoms with Crippen LogP contribution in [0.15, 0.2) is 64.9 Å². The van der Waals surface area contributed by atoms with Gasteiger partial charge in [-0.25, -0.2) is 4.98 Å². The number of likely N-dealkylation sites (N-methyl/N-ethyl adjacent to an activating group) is 1. The summed E-state index contributed by atoms with van der Waals surface area (Å²) in [4.78, 5) is 30.1. The molecule has 0 radical (unpaired) electrons. The van der Waals surface area contributed by atoms with Crippen molar-refractivity contribution in [1.82, 2.24) is 9.55 Å². The van der Waals surface area contributed by atoms with E-state index < -0.39 is 4.92 Å². The summed E-state index contributed by atoms with van der Waals surface area (Å²) in [5.41, 5.74) is 2.76. The van der Waals surface area contributed by atoms with E-state index in [1.54, 1.807) is 47.1 Å². The highest BCUT2D eigenvalue weighted by atomic mass is 32.2. The highest BCUT2D eigenvalue weighted by molar-refractivity contribution is 7.99. The molecule has 7 nitrogen and oxygen atoms in total. The van der Waals surface area contributed by atoms with Crippen LogP contribution in [0.2, 0.25) is 0 Å². The number of amides is 1. The molecule has 0 aliphatic carbocycles. The number of hydrogen-bond acceptors (Lipinski definition) is 5. The monoisotopic (exact) mass is 392 g/mol. The van der Waals surface area contributed by atoms with Gasteiger partial charge in [0, 0.05) is 43.7 Å².